The van der Waals surface area contributed by atoms with Crippen molar-refractivity contribution in [1.29, 1.82) is 0 Å². The van der Waals surface area contributed by atoms with E-state index in [9.17, 15) is 0 Å². The minimum Gasteiger partial charge on any atom is -0.461 e. The van der Waals surface area contributed by atoms with Gasteiger partial charge in [-0.1, -0.05) is 18.2 Å². The second-order valence-corrected chi connectivity index (χ2v) is 6.83. The molecule has 25 heavy (non-hydrogen) atoms. The molecular weight excluding hydrogens is 427 g/mol. The Morgan fingerprint density at radius 2 is 1.68 bits per heavy atom. The number of imidazole rings is 1. The van der Waals surface area contributed by atoms with Gasteiger partial charge >= 0.3 is 0 Å². The van der Waals surface area contributed by atoms with Crippen molar-refractivity contribution in [2.45, 2.75) is 0 Å². The molecule has 5 aromatic rings. The molecule has 0 aliphatic rings. The minimum atomic E-state index is 0.601. The lowest BCUT2D eigenvalue weighted by Crippen LogP contribution is -1.99. The van der Waals surface area contributed by atoms with Gasteiger partial charge in [0.1, 0.15) is 0 Å². The summed E-state index contributed by atoms with van der Waals surface area (Å²) in [5.74, 6) is 1.38. The highest BCUT2D eigenvalue weighted by Crippen LogP contribution is 2.29. The van der Waals surface area contributed by atoms with Gasteiger partial charge in [-0.3, -0.25) is 4.57 Å². The van der Waals surface area contributed by atoms with E-state index in [-0.39, 0.29) is 0 Å². The van der Waals surface area contributed by atoms with Gasteiger partial charge < -0.3 is 4.42 Å². The van der Waals surface area contributed by atoms with Crippen molar-refractivity contribution in [1.82, 2.24) is 19.5 Å². The molecule has 0 bridgehead atoms. The van der Waals surface area contributed by atoms with E-state index >= 15 is 0 Å². The zero-order chi connectivity index (χ0) is 16.8. The van der Waals surface area contributed by atoms with Crippen LogP contribution >= 0.6 is 22.6 Å². The number of benzene rings is 2. The number of nitrogens with zero attached hydrogens (tertiary/aromatic N) is 4. The lowest BCUT2D eigenvalue weighted by Gasteiger charge is -2.08. The van der Waals surface area contributed by atoms with Crippen LogP contribution in [0, 0.1) is 3.57 Å². The Morgan fingerprint density at radius 3 is 2.44 bits per heavy atom. The van der Waals surface area contributed by atoms with E-state index in [1.807, 2.05) is 53.1 Å². The summed E-state index contributed by atoms with van der Waals surface area (Å²) in [5.41, 5.74) is 3.96. The Bertz CT molecular complexity index is 1210. The molecule has 0 radical (unpaired) electrons. The maximum absolute atomic E-state index is 5.60. The van der Waals surface area contributed by atoms with E-state index in [0.29, 0.717) is 22.9 Å². The molecule has 0 aliphatic carbocycles. The first-order chi connectivity index (χ1) is 12.3. The lowest BCUT2D eigenvalue weighted by atomic mass is 10.3. The van der Waals surface area contributed by atoms with Crippen molar-refractivity contribution in [2.75, 3.05) is 0 Å². The number of rotatable bonds is 2. The lowest BCUT2D eigenvalue weighted by molar-refractivity contribution is 0.576. The monoisotopic (exact) mass is 438 g/mol. The fraction of sp³-hybridized carbons (Fsp3) is 0. The molecule has 120 valence electrons. The summed E-state index contributed by atoms with van der Waals surface area (Å²) in [4.78, 5) is 14.2. The van der Waals surface area contributed by atoms with E-state index in [0.717, 1.165) is 20.3 Å². The third kappa shape index (κ3) is 2.41. The summed E-state index contributed by atoms with van der Waals surface area (Å²) in [6.45, 7) is 0. The van der Waals surface area contributed by atoms with Crippen molar-refractivity contribution < 1.29 is 4.42 Å². The van der Waals surface area contributed by atoms with Gasteiger partial charge in [-0.25, -0.2) is 15.0 Å². The summed E-state index contributed by atoms with van der Waals surface area (Å²) in [7, 11) is 0. The first kappa shape index (κ1) is 14.6. The molecular formula is C19H11IN4O. The summed E-state index contributed by atoms with van der Waals surface area (Å²) in [5, 5.41) is 0. The molecule has 3 aromatic heterocycles. The van der Waals surface area contributed by atoms with E-state index < -0.39 is 0 Å². The van der Waals surface area contributed by atoms with Crippen molar-refractivity contribution in [2.24, 2.45) is 0 Å². The van der Waals surface area contributed by atoms with Gasteiger partial charge in [0.15, 0.2) is 22.9 Å². The van der Waals surface area contributed by atoms with Crippen LogP contribution in [-0.4, -0.2) is 19.5 Å². The van der Waals surface area contributed by atoms with Crippen LogP contribution in [0.3, 0.4) is 0 Å². The summed E-state index contributed by atoms with van der Waals surface area (Å²) >= 11 is 2.30. The standard InChI is InChI=1S/C19H11IN4O/c20-12-5-3-6-13(11-12)24-18(16-9-4-10-25-16)23-17-19(24)22-15-8-2-1-7-14(15)21-17/h1-11H. The molecule has 0 atom stereocenters. The topological polar surface area (TPSA) is 56.7 Å². The van der Waals surface area contributed by atoms with Gasteiger partial charge in [-0.05, 0) is 65.1 Å². The van der Waals surface area contributed by atoms with Gasteiger partial charge in [0.05, 0.1) is 23.0 Å². The fourth-order valence-electron chi connectivity index (χ4n) is 2.89. The number of aromatic nitrogens is 4. The number of furan rings is 1. The first-order valence-corrected chi connectivity index (χ1v) is 8.82. The predicted molar refractivity (Wildman–Crippen MR) is 105 cm³/mol. The van der Waals surface area contributed by atoms with E-state index in [1.165, 1.54) is 0 Å². The van der Waals surface area contributed by atoms with E-state index in [1.54, 1.807) is 6.26 Å². The Morgan fingerprint density at radius 1 is 0.840 bits per heavy atom. The van der Waals surface area contributed by atoms with Gasteiger partial charge in [-0.15, -0.1) is 0 Å². The zero-order valence-corrected chi connectivity index (χ0v) is 15.1. The highest BCUT2D eigenvalue weighted by atomic mass is 127. The van der Waals surface area contributed by atoms with Crippen LogP contribution < -0.4 is 0 Å². The Balaban J connectivity index is 1.91. The number of hydrogen-bond acceptors (Lipinski definition) is 4. The Labute approximate surface area is 156 Å². The number of fused-ring (bicyclic) bond motifs is 2. The molecule has 3 heterocycles. The van der Waals surface area contributed by atoms with E-state index in [4.69, 9.17) is 14.4 Å². The Kier molecular flexibility index (Phi) is 3.30. The zero-order valence-electron chi connectivity index (χ0n) is 12.9. The van der Waals surface area contributed by atoms with Crippen LogP contribution in [0.2, 0.25) is 0 Å². The summed E-state index contributed by atoms with van der Waals surface area (Å²) in [6, 6.07) is 19.8. The van der Waals surface area contributed by atoms with Crippen molar-refractivity contribution in [3.63, 3.8) is 0 Å². The molecule has 2 aromatic carbocycles. The Hall–Kier alpha value is -2.74. The highest BCUT2D eigenvalue weighted by molar-refractivity contribution is 14.1. The fourth-order valence-corrected chi connectivity index (χ4v) is 3.41. The summed E-state index contributed by atoms with van der Waals surface area (Å²) in [6.07, 6.45) is 1.64. The van der Waals surface area contributed by atoms with Crippen LogP contribution in [0.1, 0.15) is 0 Å². The van der Waals surface area contributed by atoms with Crippen molar-refractivity contribution in [3.05, 3.63) is 70.5 Å². The largest absolute Gasteiger partial charge is 0.461 e. The van der Waals surface area contributed by atoms with Crippen molar-refractivity contribution >= 4 is 44.9 Å². The molecule has 0 N–H and O–H groups in total. The maximum atomic E-state index is 5.60. The van der Waals surface area contributed by atoms with Crippen LogP contribution in [0.25, 0.3) is 39.6 Å². The number of hydrogen-bond donors (Lipinski definition) is 0. The molecule has 0 fully saturated rings. The highest BCUT2D eigenvalue weighted by Gasteiger charge is 2.19. The quantitative estimate of drug-likeness (QED) is 0.371. The third-order valence-electron chi connectivity index (χ3n) is 3.98. The minimum absolute atomic E-state index is 0.601. The second-order valence-electron chi connectivity index (χ2n) is 5.59. The maximum Gasteiger partial charge on any atom is 0.199 e. The molecule has 5 rings (SSSR count). The molecule has 0 aliphatic heterocycles. The van der Waals surface area contributed by atoms with E-state index in [2.05, 4.69) is 39.7 Å². The van der Waals surface area contributed by atoms with Crippen LogP contribution in [0.15, 0.2) is 71.3 Å². The molecule has 6 heteroatoms. The molecule has 0 unspecified atom stereocenters. The average molecular weight is 438 g/mol. The molecule has 0 spiro atoms. The smallest absolute Gasteiger partial charge is 0.199 e. The predicted octanol–water partition coefficient (Wildman–Crippen LogP) is 4.83. The molecule has 0 saturated carbocycles. The van der Waals surface area contributed by atoms with Crippen LogP contribution in [-0.2, 0) is 0 Å². The first-order valence-electron chi connectivity index (χ1n) is 7.75. The summed E-state index contributed by atoms with van der Waals surface area (Å²) < 4.78 is 8.73. The van der Waals surface area contributed by atoms with Gasteiger partial charge in [0, 0.05) is 3.57 Å². The molecule has 0 amide bonds. The molecule has 0 saturated heterocycles. The van der Waals surface area contributed by atoms with Gasteiger partial charge in [0.25, 0.3) is 0 Å². The van der Waals surface area contributed by atoms with Crippen molar-refractivity contribution in [3.8, 4) is 17.3 Å². The second kappa shape index (κ2) is 5.66. The normalized spacial score (nSPS) is 11.4. The van der Waals surface area contributed by atoms with Gasteiger partial charge in [-0.2, -0.15) is 0 Å². The average Bonchev–Trinajstić information content (AvgIpc) is 3.27. The van der Waals surface area contributed by atoms with Crippen LogP contribution in [0.5, 0.6) is 0 Å². The van der Waals surface area contributed by atoms with Gasteiger partial charge in [0.2, 0.25) is 0 Å². The number of halogens is 1. The number of para-hydroxylation sites is 2. The third-order valence-corrected chi connectivity index (χ3v) is 4.65. The SMILES string of the molecule is Ic1cccc(-n2c(-c3ccco3)nc3nc4ccccc4nc32)c1. The van der Waals surface area contributed by atoms with Crippen LogP contribution in [0.4, 0.5) is 0 Å². The molecule has 5 nitrogen and oxygen atoms in total.